The average Bonchev–Trinajstić information content (AvgIpc) is 2.83. The van der Waals surface area contributed by atoms with Gasteiger partial charge in [-0.05, 0) is 74.2 Å². The second-order valence-corrected chi connectivity index (χ2v) is 9.06. The second-order valence-electron chi connectivity index (χ2n) is 9.06. The van der Waals surface area contributed by atoms with Crippen LogP contribution in [0.5, 0.6) is 0 Å². The van der Waals surface area contributed by atoms with E-state index in [4.69, 9.17) is 18.8 Å². The van der Waals surface area contributed by atoms with Gasteiger partial charge >= 0.3 is 0 Å². The number of fused-ring (bicyclic) bond motifs is 7. The van der Waals surface area contributed by atoms with Gasteiger partial charge in [0.15, 0.2) is 0 Å². The number of nitrogens with zero attached hydrogens (tertiary/aromatic N) is 2. The van der Waals surface area contributed by atoms with Crippen LogP contribution in [0.15, 0.2) is 67.0 Å². The smallest absolute Gasteiger partial charge is 0.231 e. The Bertz CT molecular complexity index is 1840. The topological polar surface area (TPSA) is 86.2 Å². The molecular formula is C28H18N2O4. The Balaban J connectivity index is 1.52. The standard InChI is InChI=1S/C28H18N2O4/c1-13-3-7-21-17(9-13)25(31)19-11-15-5-6-16-12-20-26(32)18-10-14(2)4-8-22(18)34-28(20)30-24(16)23(15)29-27(19)33-21/h3-4,7-12H,5-6H2,1-2H3. The number of benzene rings is 2. The molecule has 0 unspecified atom stereocenters. The number of aryl methyl sites for hydroxylation is 4. The molecule has 164 valence electrons. The first kappa shape index (κ1) is 19.2. The second kappa shape index (κ2) is 6.60. The van der Waals surface area contributed by atoms with Crippen LogP contribution in [-0.2, 0) is 12.8 Å². The Labute approximate surface area is 192 Å². The van der Waals surface area contributed by atoms with E-state index in [9.17, 15) is 9.59 Å². The highest BCUT2D eigenvalue weighted by Crippen LogP contribution is 2.34. The predicted octanol–water partition coefficient (Wildman–Crippen LogP) is 5.38. The molecule has 0 saturated carbocycles. The van der Waals surface area contributed by atoms with Gasteiger partial charge in [0, 0.05) is 0 Å². The van der Waals surface area contributed by atoms with Crippen molar-refractivity contribution >= 4 is 44.1 Å². The zero-order valence-corrected chi connectivity index (χ0v) is 18.6. The molecule has 0 fully saturated rings. The van der Waals surface area contributed by atoms with Gasteiger partial charge in [0.05, 0.1) is 32.9 Å². The van der Waals surface area contributed by atoms with Crippen LogP contribution in [0.25, 0.3) is 55.5 Å². The molecule has 1 aliphatic rings. The number of rotatable bonds is 0. The van der Waals surface area contributed by atoms with E-state index < -0.39 is 0 Å². The molecule has 6 heteroatoms. The SMILES string of the molecule is Cc1ccc2oc3nc4c(cc3c(=O)c2c1)CCc1cc2c(=O)c3cc(C)ccc3oc2nc1-4. The van der Waals surface area contributed by atoms with E-state index in [-0.39, 0.29) is 22.3 Å². The van der Waals surface area contributed by atoms with Crippen LogP contribution in [0.1, 0.15) is 22.3 Å². The van der Waals surface area contributed by atoms with Crippen LogP contribution in [-0.4, -0.2) is 9.97 Å². The van der Waals surface area contributed by atoms with E-state index in [0.29, 0.717) is 56.9 Å². The lowest BCUT2D eigenvalue weighted by Crippen LogP contribution is -2.12. The van der Waals surface area contributed by atoms with Crippen molar-refractivity contribution in [3.8, 4) is 11.4 Å². The quantitative estimate of drug-likeness (QED) is 0.291. The van der Waals surface area contributed by atoms with Gasteiger partial charge in [-0.25, -0.2) is 9.97 Å². The minimum Gasteiger partial charge on any atom is -0.437 e. The summed E-state index contributed by atoms with van der Waals surface area (Å²) < 4.78 is 12.1. The van der Waals surface area contributed by atoms with Crippen LogP contribution < -0.4 is 10.9 Å². The van der Waals surface area contributed by atoms with Crippen molar-refractivity contribution in [2.45, 2.75) is 26.7 Å². The van der Waals surface area contributed by atoms with Crippen molar-refractivity contribution in [2.75, 3.05) is 0 Å². The van der Waals surface area contributed by atoms with Crippen LogP contribution in [0.4, 0.5) is 0 Å². The maximum Gasteiger partial charge on any atom is 0.231 e. The molecular weight excluding hydrogens is 428 g/mol. The molecule has 34 heavy (non-hydrogen) atoms. The van der Waals surface area contributed by atoms with Crippen molar-refractivity contribution in [2.24, 2.45) is 0 Å². The highest BCUT2D eigenvalue weighted by Gasteiger charge is 2.24. The van der Waals surface area contributed by atoms with Gasteiger partial charge in [-0.2, -0.15) is 0 Å². The van der Waals surface area contributed by atoms with Gasteiger partial charge in [-0.1, -0.05) is 23.3 Å². The Hall–Kier alpha value is -4.32. The molecule has 0 aliphatic heterocycles. The van der Waals surface area contributed by atoms with Crippen LogP contribution in [0.2, 0.25) is 0 Å². The molecule has 7 rings (SSSR count). The molecule has 4 aromatic heterocycles. The van der Waals surface area contributed by atoms with Crippen LogP contribution in [0.3, 0.4) is 0 Å². The summed E-state index contributed by atoms with van der Waals surface area (Å²) in [6.45, 7) is 3.90. The largest absolute Gasteiger partial charge is 0.437 e. The lowest BCUT2D eigenvalue weighted by Gasteiger charge is -2.18. The first-order valence-electron chi connectivity index (χ1n) is 11.2. The Kier molecular flexibility index (Phi) is 3.73. The van der Waals surface area contributed by atoms with Crippen molar-refractivity contribution in [1.82, 2.24) is 9.97 Å². The average molecular weight is 446 g/mol. The summed E-state index contributed by atoms with van der Waals surface area (Å²) >= 11 is 0. The zero-order valence-electron chi connectivity index (χ0n) is 18.6. The Morgan fingerprint density at radius 2 is 1.06 bits per heavy atom. The lowest BCUT2D eigenvalue weighted by molar-refractivity contribution is 0.640. The molecule has 4 heterocycles. The first-order valence-corrected chi connectivity index (χ1v) is 11.2. The molecule has 0 N–H and O–H groups in total. The van der Waals surface area contributed by atoms with E-state index in [2.05, 4.69) is 0 Å². The summed E-state index contributed by atoms with van der Waals surface area (Å²) in [7, 11) is 0. The molecule has 1 aliphatic carbocycles. The highest BCUT2D eigenvalue weighted by atomic mass is 16.3. The van der Waals surface area contributed by atoms with Gasteiger partial charge in [0.25, 0.3) is 0 Å². The fourth-order valence-corrected chi connectivity index (χ4v) is 4.94. The molecule has 0 saturated heterocycles. The van der Waals surface area contributed by atoms with Crippen molar-refractivity contribution in [3.05, 3.63) is 91.2 Å². The summed E-state index contributed by atoms with van der Waals surface area (Å²) in [6.07, 6.45) is 1.39. The third-order valence-corrected chi connectivity index (χ3v) is 6.68. The Morgan fingerprint density at radius 1 is 0.618 bits per heavy atom. The number of hydrogen-bond acceptors (Lipinski definition) is 6. The summed E-state index contributed by atoms with van der Waals surface area (Å²) in [6, 6.07) is 14.9. The fraction of sp³-hybridized carbons (Fsp3) is 0.143. The molecule has 0 spiro atoms. The molecule has 0 atom stereocenters. The molecule has 6 nitrogen and oxygen atoms in total. The molecule has 6 aromatic rings. The first-order chi connectivity index (χ1) is 16.5. The maximum absolute atomic E-state index is 13.2. The van der Waals surface area contributed by atoms with Crippen LogP contribution >= 0.6 is 0 Å². The van der Waals surface area contributed by atoms with E-state index in [0.717, 1.165) is 22.3 Å². The summed E-state index contributed by atoms with van der Waals surface area (Å²) in [5, 5.41) is 2.04. The van der Waals surface area contributed by atoms with Crippen LogP contribution in [0, 0.1) is 13.8 Å². The third-order valence-electron chi connectivity index (χ3n) is 6.68. The van der Waals surface area contributed by atoms with E-state index >= 15 is 0 Å². The van der Waals surface area contributed by atoms with Gasteiger partial charge in [-0.15, -0.1) is 0 Å². The molecule has 0 amide bonds. The van der Waals surface area contributed by atoms with E-state index in [1.165, 1.54) is 0 Å². The Morgan fingerprint density at radius 3 is 1.50 bits per heavy atom. The van der Waals surface area contributed by atoms with E-state index in [1.807, 2.05) is 50.2 Å². The summed E-state index contributed by atoms with van der Waals surface area (Å²) in [4.78, 5) is 35.8. The molecule has 2 aromatic carbocycles. The molecule has 0 radical (unpaired) electrons. The van der Waals surface area contributed by atoms with Crippen molar-refractivity contribution in [3.63, 3.8) is 0 Å². The van der Waals surface area contributed by atoms with Gasteiger partial charge < -0.3 is 8.83 Å². The maximum atomic E-state index is 13.2. The minimum absolute atomic E-state index is 0.0831. The fourth-order valence-electron chi connectivity index (χ4n) is 4.94. The van der Waals surface area contributed by atoms with Gasteiger partial charge in [0.2, 0.25) is 22.3 Å². The summed E-state index contributed by atoms with van der Waals surface area (Å²) in [5.41, 5.74) is 6.61. The lowest BCUT2D eigenvalue weighted by atomic mass is 9.91. The summed E-state index contributed by atoms with van der Waals surface area (Å²) in [5.74, 6) is 0. The highest BCUT2D eigenvalue weighted by molar-refractivity contribution is 5.92. The number of hydrogen-bond donors (Lipinski definition) is 0. The van der Waals surface area contributed by atoms with Crippen molar-refractivity contribution in [1.29, 1.82) is 0 Å². The zero-order chi connectivity index (χ0) is 23.1. The van der Waals surface area contributed by atoms with Gasteiger partial charge in [0.1, 0.15) is 11.2 Å². The van der Waals surface area contributed by atoms with E-state index in [1.54, 1.807) is 12.1 Å². The predicted molar refractivity (Wildman–Crippen MR) is 131 cm³/mol. The molecule has 0 bridgehead atoms. The van der Waals surface area contributed by atoms with Crippen molar-refractivity contribution < 1.29 is 8.83 Å². The monoisotopic (exact) mass is 446 g/mol. The number of aromatic nitrogens is 2. The minimum atomic E-state index is -0.0831. The third kappa shape index (κ3) is 2.62. The number of pyridine rings is 2. The van der Waals surface area contributed by atoms with Gasteiger partial charge in [-0.3, -0.25) is 9.59 Å². The normalized spacial score (nSPS) is 13.0.